The van der Waals surface area contributed by atoms with Crippen molar-refractivity contribution in [2.24, 2.45) is 0 Å². The molecule has 156 valence electrons. The molecule has 3 aromatic rings. The summed E-state index contributed by atoms with van der Waals surface area (Å²) in [6.07, 6.45) is -1.05. The van der Waals surface area contributed by atoms with Crippen LogP contribution in [0.5, 0.6) is 5.75 Å². The fourth-order valence-corrected chi connectivity index (χ4v) is 2.69. The van der Waals surface area contributed by atoms with E-state index in [9.17, 15) is 14.4 Å². The van der Waals surface area contributed by atoms with Crippen LogP contribution in [0.25, 0.3) is 11.5 Å². The molecular weight excluding hydrogens is 390 g/mol. The van der Waals surface area contributed by atoms with Crippen LogP contribution >= 0.6 is 0 Å². The summed E-state index contributed by atoms with van der Waals surface area (Å²) in [6.45, 7) is 1.18. The van der Waals surface area contributed by atoms with E-state index < -0.39 is 30.3 Å². The fourth-order valence-electron chi connectivity index (χ4n) is 2.69. The number of aromatic nitrogens is 2. The lowest BCUT2D eigenvalue weighted by atomic mass is 10.2. The van der Waals surface area contributed by atoms with Gasteiger partial charge in [0.1, 0.15) is 12.3 Å². The van der Waals surface area contributed by atoms with Gasteiger partial charge in [0.25, 0.3) is 5.91 Å². The first-order valence-corrected chi connectivity index (χ1v) is 9.20. The van der Waals surface area contributed by atoms with E-state index in [0.29, 0.717) is 11.3 Å². The molecule has 30 heavy (non-hydrogen) atoms. The number of methoxy groups -OCH3 is 1. The number of carbonyl (C=O) groups excluding carboxylic acids is 2. The number of hydrogen-bond donors (Lipinski definition) is 1. The Bertz CT molecular complexity index is 1070. The lowest BCUT2D eigenvalue weighted by Gasteiger charge is -2.14. The van der Waals surface area contributed by atoms with Gasteiger partial charge >= 0.3 is 11.7 Å². The quantitative estimate of drug-likeness (QED) is 0.562. The van der Waals surface area contributed by atoms with Gasteiger partial charge in [0.05, 0.1) is 7.11 Å². The first-order chi connectivity index (χ1) is 14.5. The third kappa shape index (κ3) is 5.13. The van der Waals surface area contributed by atoms with Crippen LogP contribution in [0.4, 0.5) is 0 Å². The molecule has 0 fully saturated rings. The molecule has 0 bridgehead atoms. The molecule has 3 rings (SSSR count). The molecule has 1 atom stereocenters. The number of rotatable bonds is 8. The van der Waals surface area contributed by atoms with Crippen LogP contribution < -0.4 is 15.8 Å². The average Bonchev–Trinajstić information content (AvgIpc) is 3.12. The summed E-state index contributed by atoms with van der Waals surface area (Å²) in [6, 6.07) is 16.1. The van der Waals surface area contributed by atoms with Gasteiger partial charge in [-0.2, -0.15) is 4.68 Å². The maximum Gasteiger partial charge on any atom is 0.437 e. The van der Waals surface area contributed by atoms with E-state index in [-0.39, 0.29) is 12.4 Å². The van der Waals surface area contributed by atoms with Gasteiger partial charge in [-0.15, -0.1) is 5.10 Å². The van der Waals surface area contributed by atoms with Crippen molar-refractivity contribution in [2.45, 2.75) is 26.1 Å². The van der Waals surface area contributed by atoms with E-state index in [0.717, 1.165) is 10.2 Å². The van der Waals surface area contributed by atoms with E-state index in [1.54, 1.807) is 37.4 Å². The maximum absolute atomic E-state index is 12.2. The van der Waals surface area contributed by atoms with Crippen LogP contribution in [0.15, 0.2) is 63.8 Å². The Balaban J connectivity index is 1.55. The molecule has 0 spiro atoms. The second-order valence-electron chi connectivity index (χ2n) is 6.36. The molecule has 1 heterocycles. The third-order valence-electron chi connectivity index (χ3n) is 4.23. The molecular formula is C21H21N3O6. The van der Waals surface area contributed by atoms with Crippen LogP contribution in [-0.2, 0) is 27.4 Å². The molecule has 2 aromatic carbocycles. The monoisotopic (exact) mass is 411 g/mol. The van der Waals surface area contributed by atoms with Crippen molar-refractivity contribution >= 4 is 11.9 Å². The van der Waals surface area contributed by atoms with E-state index in [2.05, 4.69) is 10.4 Å². The number of ether oxygens (including phenoxy) is 2. The predicted molar refractivity (Wildman–Crippen MR) is 107 cm³/mol. The molecule has 9 nitrogen and oxygen atoms in total. The zero-order chi connectivity index (χ0) is 21.5. The van der Waals surface area contributed by atoms with Gasteiger partial charge in [-0.25, -0.2) is 4.79 Å². The third-order valence-corrected chi connectivity index (χ3v) is 4.23. The molecule has 9 heteroatoms. The highest BCUT2D eigenvalue weighted by molar-refractivity contribution is 5.83. The Morgan fingerprint density at radius 1 is 1.13 bits per heavy atom. The first kappa shape index (κ1) is 20.8. The van der Waals surface area contributed by atoms with Crippen molar-refractivity contribution in [1.29, 1.82) is 0 Å². The van der Waals surface area contributed by atoms with Gasteiger partial charge in [-0.1, -0.05) is 36.4 Å². The Morgan fingerprint density at radius 3 is 2.57 bits per heavy atom. The highest BCUT2D eigenvalue weighted by Gasteiger charge is 2.20. The average molecular weight is 411 g/mol. The lowest BCUT2D eigenvalue weighted by Crippen LogP contribution is -2.36. The minimum Gasteiger partial charge on any atom is -0.496 e. The van der Waals surface area contributed by atoms with Crippen molar-refractivity contribution in [3.8, 4) is 17.2 Å². The number of hydrogen-bond acceptors (Lipinski definition) is 7. The Morgan fingerprint density at radius 2 is 1.83 bits per heavy atom. The van der Waals surface area contributed by atoms with Crippen molar-refractivity contribution in [2.75, 3.05) is 7.11 Å². The Hall–Kier alpha value is -3.88. The summed E-state index contributed by atoms with van der Waals surface area (Å²) in [5, 5.41) is 6.67. The summed E-state index contributed by atoms with van der Waals surface area (Å²) in [4.78, 5) is 36.3. The zero-order valence-electron chi connectivity index (χ0n) is 16.5. The van der Waals surface area contributed by atoms with E-state index in [1.165, 1.54) is 6.92 Å². The molecule has 0 radical (unpaired) electrons. The highest BCUT2D eigenvalue weighted by Crippen LogP contribution is 2.17. The Labute approximate surface area is 172 Å². The van der Waals surface area contributed by atoms with E-state index in [1.807, 2.05) is 24.3 Å². The van der Waals surface area contributed by atoms with Gasteiger partial charge in [0, 0.05) is 17.7 Å². The van der Waals surface area contributed by atoms with Crippen LogP contribution in [0.2, 0.25) is 0 Å². The molecule has 0 aliphatic rings. The number of amides is 1. The summed E-state index contributed by atoms with van der Waals surface area (Å²) < 4.78 is 16.2. The number of benzene rings is 2. The van der Waals surface area contributed by atoms with E-state index >= 15 is 0 Å². The summed E-state index contributed by atoms with van der Waals surface area (Å²) in [7, 11) is 1.54. The minimum atomic E-state index is -1.05. The SMILES string of the molecule is COc1ccccc1CNC(=O)[C@H](C)OC(=O)Cn1nc(-c2ccccc2)oc1=O. The molecule has 1 amide bonds. The van der Waals surface area contributed by atoms with Crippen LogP contribution in [-0.4, -0.2) is 34.9 Å². The molecule has 0 saturated carbocycles. The van der Waals surface area contributed by atoms with E-state index in [4.69, 9.17) is 13.9 Å². The number of carbonyl (C=O) groups is 2. The number of nitrogens with one attached hydrogen (secondary N) is 1. The van der Waals surface area contributed by atoms with Crippen LogP contribution in [0.3, 0.4) is 0 Å². The van der Waals surface area contributed by atoms with Crippen molar-refractivity contribution in [1.82, 2.24) is 15.1 Å². The molecule has 0 unspecified atom stereocenters. The smallest absolute Gasteiger partial charge is 0.437 e. The van der Waals surface area contributed by atoms with Gasteiger partial charge in [-0.3, -0.25) is 9.59 Å². The molecule has 1 aromatic heterocycles. The molecule has 0 saturated heterocycles. The summed E-state index contributed by atoms with van der Waals surface area (Å²) in [5.74, 6) is -1.33. The normalized spacial score (nSPS) is 11.5. The second-order valence-corrected chi connectivity index (χ2v) is 6.36. The summed E-state index contributed by atoms with van der Waals surface area (Å²) >= 11 is 0. The maximum atomic E-state index is 12.2. The fraction of sp³-hybridized carbons (Fsp3) is 0.238. The molecule has 1 N–H and O–H groups in total. The van der Waals surface area contributed by atoms with Gasteiger partial charge in [-0.05, 0) is 25.1 Å². The largest absolute Gasteiger partial charge is 0.496 e. The number of nitrogens with zero attached hydrogens (tertiary/aromatic N) is 2. The van der Waals surface area contributed by atoms with Gasteiger partial charge in [0.2, 0.25) is 5.89 Å². The molecule has 0 aliphatic carbocycles. The van der Waals surface area contributed by atoms with Crippen molar-refractivity contribution < 1.29 is 23.5 Å². The van der Waals surface area contributed by atoms with Crippen molar-refractivity contribution in [3.63, 3.8) is 0 Å². The van der Waals surface area contributed by atoms with Crippen molar-refractivity contribution in [3.05, 3.63) is 70.7 Å². The zero-order valence-corrected chi connectivity index (χ0v) is 16.5. The highest BCUT2D eigenvalue weighted by atomic mass is 16.5. The van der Waals surface area contributed by atoms with Crippen LogP contribution in [0, 0.1) is 0 Å². The minimum absolute atomic E-state index is 0.0935. The topological polar surface area (TPSA) is 113 Å². The lowest BCUT2D eigenvalue weighted by molar-refractivity contribution is -0.155. The predicted octanol–water partition coefficient (Wildman–Crippen LogP) is 1.76. The standard InChI is InChI=1S/C21H21N3O6/c1-14(19(26)22-12-16-10-6-7-11-17(16)28-2)29-18(25)13-24-21(27)30-20(23-24)15-8-4-3-5-9-15/h3-11,14H,12-13H2,1-2H3,(H,22,26)/t14-/m0/s1. The Kier molecular flexibility index (Phi) is 6.63. The summed E-state index contributed by atoms with van der Waals surface area (Å²) in [5.41, 5.74) is 1.39. The first-order valence-electron chi connectivity index (χ1n) is 9.20. The second kappa shape index (κ2) is 9.55. The number of para-hydroxylation sites is 1. The molecule has 0 aliphatic heterocycles. The van der Waals surface area contributed by atoms with Crippen LogP contribution in [0.1, 0.15) is 12.5 Å². The van der Waals surface area contributed by atoms with Gasteiger partial charge in [0.15, 0.2) is 6.10 Å². The number of esters is 1. The van der Waals surface area contributed by atoms with Gasteiger partial charge < -0.3 is 19.2 Å².